The molecule has 0 radical (unpaired) electrons. The molecule has 0 saturated heterocycles. The Hall–Kier alpha value is -3.42. The van der Waals surface area contributed by atoms with Crippen molar-refractivity contribution in [3.05, 3.63) is 67.6 Å². The van der Waals surface area contributed by atoms with Gasteiger partial charge in [0.1, 0.15) is 5.69 Å². The molecule has 0 spiro atoms. The number of nitrogens with one attached hydrogen (secondary N) is 2. The van der Waals surface area contributed by atoms with E-state index in [1.807, 2.05) is 9.97 Å². The Morgan fingerprint density at radius 1 is 1.15 bits per heavy atom. The fourth-order valence-corrected chi connectivity index (χ4v) is 3.16. The van der Waals surface area contributed by atoms with Crippen LogP contribution in [-0.2, 0) is 12.8 Å². The summed E-state index contributed by atoms with van der Waals surface area (Å²) >= 11 is 0. The third-order valence-electron chi connectivity index (χ3n) is 4.45. The quantitative estimate of drug-likeness (QED) is 0.515. The van der Waals surface area contributed by atoms with Crippen LogP contribution in [-0.4, -0.2) is 26.0 Å². The maximum absolute atomic E-state index is 10.5. The highest BCUT2D eigenvalue weighted by Crippen LogP contribution is 2.31. The van der Waals surface area contributed by atoms with Crippen molar-refractivity contribution in [1.29, 1.82) is 0 Å². The van der Waals surface area contributed by atoms with E-state index in [2.05, 4.69) is 25.1 Å². The number of nitrogen functional groups attached to an aromatic ring is 1. The summed E-state index contributed by atoms with van der Waals surface area (Å²) in [5.74, 6) is -1.34. The van der Waals surface area contributed by atoms with Crippen LogP contribution in [0.2, 0.25) is 0 Å². The second-order valence-electron chi connectivity index (χ2n) is 6.48. The van der Waals surface area contributed by atoms with E-state index >= 15 is 0 Å². The van der Waals surface area contributed by atoms with E-state index in [0.717, 1.165) is 35.5 Å². The molecule has 0 unspecified atom stereocenters. The Balaban J connectivity index is 0.000000168. The van der Waals surface area contributed by atoms with Gasteiger partial charge in [0.2, 0.25) is 0 Å². The van der Waals surface area contributed by atoms with Crippen molar-refractivity contribution in [2.24, 2.45) is 0 Å². The molecule has 1 aromatic carbocycles. The Morgan fingerprint density at radius 2 is 1.89 bits per heavy atom. The van der Waals surface area contributed by atoms with Crippen molar-refractivity contribution in [3.8, 4) is 0 Å². The van der Waals surface area contributed by atoms with E-state index in [0.29, 0.717) is 0 Å². The van der Waals surface area contributed by atoms with Gasteiger partial charge in [-0.25, -0.2) is 9.59 Å². The van der Waals surface area contributed by atoms with Gasteiger partial charge in [0.25, 0.3) is 5.56 Å². The zero-order valence-corrected chi connectivity index (χ0v) is 14.8. The zero-order chi connectivity index (χ0) is 19.6. The first-order valence-corrected chi connectivity index (χ1v) is 8.59. The van der Waals surface area contributed by atoms with Crippen molar-refractivity contribution < 1.29 is 9.90 Å². The van der Waals surface area contributed by atoms with E-state index in [4.69, 9.17) is 15.8 Å². The molecule has 8 heteroatoms. The SMILES string of the molecule is Cc1ccc2nc3c(c(N)c2c1)CCCC3.O=C(O)c1cc(=O)[nH]c(=O)[nH]1. The predicted molar refractivity (Wildman–Crippen MR) is 102 cm³/mol. The maximum atomic E-state index is 10.5. The lowest BCUT2D eigenvalue weighted by Gasteiger charge is -2.18. The number of hydrogen-bond acceptors (Lipinski definition) is 5. The van der Waals surface area contributed by atoms with Crippen LogP contribution in [0.25, 0.3) is 10.9 Å². The summed E-state index contributed by atoms with van der Waals surface area (Å²) in [6, 6.07) is 7.12. The smallest absolute Gasteiger partial charge is 0.352 e. The van der Waals surface area contributed by atoms with Gasteiger partial charge in [-0.2, -0.15) is 0 Å². The van der Waals surface area contributed by atoms with Crippen molar-refractivity contribution in [2.45, 2.75) is 32.6 Å². The average molecular weight is 368 g/mol. The molecule has 2 aromatic heterocycles. The van der Waals surface area contributed by atoms with Gasteiger partial charge in [-0.3, -0.25) is 14.8 Å². The van der Waals surface area contributed by atoms with Gasteiger partial charge in [-0.15, -0.1) is 0 Å². The van der Waals surface area contributed by atoms with Crippen LogP contribution in [0, 0.1) is 6.92 Å². The molecule has 1 aliphatic carbocycles. The number of pyridine rings is 1. The van der Waals surface area contributed by atoms with Crippen molar-refractivity contribution in [2.75, 3.05) is 5.73 Å². The lowest BCUT2D eigenvalue weighted by atomic mass is 9.92. The number of benzene rings is 1. The number of rotatable bonds is 1. The number of H-pyrrole nitrogens is 2. The number of aromatic carboxylic acids is 1. The second-order valence-corrected chi connectivity index (χ2v) is 6.48. The summed E-state index contributed by atoms with van der Waals surface area (Å²) in [5, 5.41) is 9.44. The van der Waals surface area contributed by atoms with E-state index in [-0.39, 0.29) is 0 Å². The molecule has 1 aliphatic rings. The number of aryl methyl sites for hydroxylation is 2. The lowest BCUT2D eigenvalue weighted by molar-refractivity contribution is 0.0689. The molecule has 0 fully saturated rings. The molecular formula is C19H20N4O4. The first-order chi connectivity index (χ1) is 12.8. The molecule has 0 saturated carbocycles. The summed E-state index contributed by atoms with van der Waals surface area (Å²) in [6.45, 7) is 2.10. The number of carbonyl (C=O) groups is 1. The van der Waals surface area contributed by atoms with Crippen LogP contribution in [0.4, 0.5) is 5.69 Å². The fourth-order valence-electron chi connectivity index (χ4n) is 3.16. The molecule has 0 bridgehead atoms. The average Bonchev–Trinajstić information content (AvgIpc) is 2.62. The van der Waals surface area contributed by atoms with Crippen LogP contribution in [0.3, 0.4) is 0 Å². The predicted octanol–water partition coefficient (Wildman–Crippen LogP) is 1.77. The highest BCUT2D eigenvalue weighted by atomic mass is 16.4. The monoisotopic (exact) mass is 368 g/mol. The highest BCUT2D eigenvalue weighted by molar-refractivity contribution is 5.92. The Bertz CT molecular complexity index is 1100. The van der Waals surface area contributed by atoms with Gasteiger partial charge in [0, 0.05) is 22.8 Å². The van der Waals surface area contributed by atoms with Gasteiger partial charge in [0.15, 0.2) is 0 Å². The largest absolute Gasteiger partial charge is 0.477 e. The van der Waals surface area contributed by atoms with Crippen molar-refractivity contribution in [3.63, 3.8) is 0 Å². The summed E-state index contributed by atoms with van der Waals surface area (Å²) in [5.41, 5.74) is 10.1. The number of fused-ring (bicyclic) bond motifs is 2. The van der Waals surface area contributed by atoms with Crippen LogP contribution >= 0.6 is 0 Å². The molecular weight excluding hydrogens is 348 g/mol. The third-order valence-corrected chi connectivity index (χ3v) is 4.45. The molecule has 27 heavy (non-hydrogen) atoms. The first-order valence-electron chi connectivity index (χ1n) is 8.59. The normalized spacial score (nSPS) is 12.8. The molecule has 5 N–H and O–H groups in total. The standard InChI is InChI=1S/C14H16N2.C5H4N2O4/c1-9-6-7-13-11(8-9)14(15)10-4-2-3-5-12(10)16-13;8-3-1-2(4(9)10)6-5(11)7-3/h6-8H,2-5H2,1H3,(H2,15,16);1H,(H,9,10)(H2,6,7,8,11). The maximum Gasteiger partial charge on any atom is 0.352 e. The number of nitrogens with zero attached hydrogens (tertiary/aromatic N) is 1. The number of aromatic amines is 2. The zero-order valence-electron chi connectivity index (χ0n) is 14.8. The fraction of sp³-hybridized carbons (Fsp3) is 0.263. The summed E-state index contributed by atoms with van der Waals surface area (Å²) in [6.07, 6.45) is 4.68. The van der Waals surface area contributed by atoms with Crippen LogP contribution in [0.15, 0.2) is 33.9 Å². The number of carboxylic acids is 1. The first kappa shape index (κ1) is 18.4. The molecule has 0 aliphatic heterocycles. The Morgan fingerprint density at radius 3 is 2.59 bits per heavy atom. The van der Waals surface area contributed by atoms with Crippen molar-refractivity contribution in [1.82, 2.24) is 15.0 Å². The molecule has 0 atom stereocenters. The van der Waals surface area contributed by atoms with Gasteiger partial charge in [-0.1, -0.05) is 11.6 Å². The van der Waals surface area contributed by atoms with Crippen LogP contribution in [0.5, 0.6) is 0 Å². The van der Waals surface area contributed by atoms with Crippen molar-refractivity contribution >= 4 is 22.6 Å². The summed E-state index contributed by atoms with van der Waals surface area (Å²) in [4.78, 5) is 39.6. The molecule has 2 heterocycles. The van der Waals surface area contributed by atoms with Gasteiger partial charge in [-0.05, 0) is 50.3 Å². The number of nitrogens with two attached hydrogens (primary N) is 1. The van der Waals surface area contributed by atoms with Crippen LogP contribution in [0.1, 0.15) is 40.2 Å². The van der Waals surface area contributed by atoms with Gasteiger partial charge >= 0.3 is 11.7 Å². The minimum atomic E-state index is -1.34. The lowest BCUT2D eigenvalue weighted by Crippen LogP contribution is -2.24. The summed E-state index contributed by atoms with van der Waals surface area (Å²) < 4.78 is 0. The molecule has 4 rings (SSSR count). The Kier molecular flexibility index (Phi) is 5.07. The molecule has 8 nitrogen and oxygen atoms in total. The van der Waals surface area contributed by atoms with Crippen LogP contribution < -0.4 is 17.0 Å². The highest BCUT2D eigenvalue weighted by Gasteiger charge is 2.16. The number of aromatic nitrogens is 3. The van der Waals surface area contributed by atoms with E-state index in [1.165, 1.54) is 29.7 Å². The van der Waals surface area contributed by atoms with Gasteiger partial charge in [0.05, 0.1) is 5.52 Å². The van der Waals surface area contributed by atoms with E-state index in [9.17, 15) is 14.4 Å². The minimum Gasteiger partial charge on any atom is -0.477 e. The number of hydrogen-bond donors (Lipinski definition) is 4. The molecule has 140 valence electrons. The van der Waals surface area contributed by atoms with Gasteiger partial charge < -0.3 is 15.8 Å². The molecule has 3 aromatic rings. The van der Waals surface area contributed by atoms with E-state index < -0.39 is 22.9 Å². The van der Waals surface area contributed by atoms with E-state index in [1.54, 1.807) is 0 Å². The topological polar surface area (TPSA) is 142 Å². The summed E-state index contributed by atoms with van der Waals surface area (Å²) in [7, 11) is 0. The second kappa shape index (κ2) is 7.45. The number of anilines is 1. The minimum absolute atomic E-state index is 0.418. The Labute approximate surface area is 154 Å². The number of carboxylic acid groups (broad SMARTS) is 1. The molecule has 0 amide bonds. The third kappa shape index (κ3) is 4.05.